The van der Waals surface area contributed by atoms with Crippen molar-refractivity contribution in [1.82, 2.24) is 4.90 Å². The lowest BCUT2D eigenvalue weighted by atomic mass is 10.1. The van der Waals surface area contributed by atoms with Crippen molar-refractivity contribution >= 4 is 35.0 Å². The molecule has 6 nitrogen and oxygen atoms in total. The number of hydrogen-bond acceptors (Lipinski definition) is 6. The number of carbonyl (C=O) groups is 3. The molecular formula is C21H18F3NO5S. The molecule has 0 saturated carbocycles. The van der Waals surface area contributed by atoms with Crippen LogP contribution < -0.4 is 0 Å². The van der Waals surface area contributed by atoms with Crippen molar-refractivity contribution in [3.8, 4) is 11.3 Å². The summed E-state index contributed by atoms with van der Waals surface area (Å²) in [7, 11) is 0. The third-order valence-electron chi connectivity index (χ3n) is 4.47. The maximum absolute atomic E-state index is 13.2. The molecule has 0 unspecified atom stereocenters. The van der Waals surface area contributed by atoms with E-state index in [4.69, 9.17) is 9.15 Å². The van der Waals surface area contributed by atoms with Gasteiger partial charge in [0.2, 0.25) is 0 Å². The molecule has 0 spiro atoms. The van der Waals surface area contributed by atoms with Gasteiger partial charge in [-0.05, 0) is 43.3 Å². The molecule has 1 aromatic heterocycles. The molecule has 1 saturated heterocycles. The average Bonchev–Trinajstić information content (AvgIpc) is 3.27. The number of rotatable bonds is 6. The molecule has 164 valence electrons. The predicted octanol–water partition coefficient (Wildman–Crippen LogP) is 5.34. The number of halogens is 3. The van der Waals surface area contributed by atoms with Crippen molar-refractivity contribution < 1.29 is 36.7 Å². The minimum Gasteiger partial charge on any atom is -0.461 e. The fourth-order valence-electron chi connectivity index (χ4n) is 2.76. The van der Waals surface area contributed by atoms with Crippen LogP contribution in [0.4, 0.5) is 18.0 Å². The molecule has 2 aromatic rings. The Morgan fingerprint density at radius 1 is 1.23 bits per heavy atom. The van der Waals surface area contributed by atoms with Gasteiger partial charge < -0.3 is 9.15 Å². The van der Waals surface area contributed by atoms with E-state index < -0.39 is 35.4 Å². The highest BCUT2D eigenvalue weighted by atomic mass is 32.2. The number of ether oxygens (including phenoxy) is 1. The highest BCUT2D eigenvalue weighted by molar-refractivity contribution is 8.18. The zero-order valence-corrected chi connectivity index (χ0v) is 17.4. The van der Waals surface area contributed by atoms with Crippen molar-refractivity contribution in [2.75, 3.05) is 6.54 Å². The molecular weight excluding hydrogens is 435 g/mol. The second-order valence-electron chi connectivity index (χ2n) is 6.72. The Morgan fingerprint density at radius 3 is 2.61 bits per heavy atom. The van der Waals surface area contributed by atoms with Crippen LogP contribution in [0.15, 0.2) is 45.7 Å². The van der Waals surface area contributed by atoms with Crippen molar-refractivity contribution in [3.05, 3.63) is 52.6 Å². The highest BCUT2D eigenvalue weighted by Crippen LogP contribution is 2.38. The van der Waals surface area contributed by atoms with Crippen LogP contribution in [-0.2, 0) is 20.5 Å². The molecule has 2 heterocycles. The maximum Gasteiger partial charge on any atom is 0.417 e. The van der Waals surface area contributed by atoms with Gasteiger partial charge in [-0.3, -0.25) is 19.3 Å². The Bertz CT molecular complexity index is 1040. The molecule has 10 heteroatoms. The van der Waals surface area contributed by atoms with E-state index in [9.17, 15) is 27.6 Å². The molecule has 0 bridgehead atoms. The summed E-state index contributed by atoms with van der Waals surface area (Å²) in [5.74, 6) is -1.35. The third kappa shape index (κ3) is 5.19. The van der Waals surface area contributed by atoms with Crippen LogP contribution in [0.1, 0.15) is 31.6 Å². The van der Waals surface area contributed by atoms with E-state index in [2.05, 4.69) is 0 Å². The number of nitrogens with zero attached hydrogens (tertiary/aromatic N) is 1. The number of benzene rings is 1. The molecule has 1 aliphatic rings. The molecule has 2 amide bonds. The summed E-state index contributed by atoms with van der Waals surface area (Å²) < 4.78 is 50.2. The fraction of sp³-hybridized carbons (Fsp3) is 0.286. The van der Waals surface area contributed by atoms with Gasteiger partial charge in [0.15, 0.2) is 0 Å². The van der Waals surface area contributed by atoms with Crippen LogP contribution >= 0.6 is 11.8 Å². The van der Waals surface area contributed by atoms with E-state index in [-0.39, 0.29) is 28.1 Å². The number of carbonyl (C=O) groups excluding carboxylic acids is 3. The van der Waals surface area contributed by atoms with Crippen molar-refractivity contribution in [2.45, 2.75) is 32.5 Å². The Morgan fingerprint density at radius 2 is 1.94 bits per heavy atom. The Kier molecular flexibility index (Phi) is 6.59. The van der Waals surface area contributed by atoms with Gasteiger partial charge in [0.25, 0.3) is 11.1 Å². The second kappa shape index (κ2) is 9.01. The number of esters is 1. The molecule has 0 aliphatic carbocycles. The fourth-order valence-corrected chi connectivity index (χ4v) is 3.58. The standard InChI is InChI=1S/C21H18F3NO5S/c1-3-12(2)29-18(26)11-25-19(27)17(31-20(25)28)10-13-8-9-16(30-13)14-6-4-5-7-15(14)21(22,23)24/h4-10,12H,3,11H2,1-2H3/b17-10+/t12-/m1/s1. The van der Waals surface area contributed by atoms with Gasteiger partial charge in [0, 0.05) is 11.6 Å². The van der Waals surface area contributed by atoms with Crippen molar-refractivity contribution in [1.29, 1.82) is 0 Å². The van der Waals surface area contributed by atoms with Crippen molar-refractivity contribution in [3.63, 3.8) is 0 Å². The summed E-state index contributed by atoms with van der Waals surface area (Å²) in [6.45, 7) is 3.00. The molecule has 1 atom stereocenters. The molecule has 1 aliphatic heterocycles. The molecule has 0 radical (unpaired) electrons. The van der Waals surface area contributed by atoms with Gasteiger partial charge in [0.05, 0.1) is 16.6 Å². The summed E-state index contributed by atoms with van der Waals surface area (Å²) in [5.41, 5.74) is -0.994. The number of thioether (sulfide) groups is 1. The van der Waals surface area contributed by atoms with E-state index >= 15 is 0 Å². The predicted molar refractivity (Wildman–Crippen MR) is 108 cm³/mol. The number of amides is 2. The van der Waals surface area contributed by atoms with E-state index in [1.807, 2.05) is 6.92 Å². The van der Waals surface area contributed by atoms with Gasteiger partial charge in [-0.15, -0.1) is 0 Å². The minimum atomic E-state index is -4.56. The van der Waals surface area contributed by atoms with E-state index in [1.165, 1.54) is 36.4 Å². The van der Waals surface area contributed by atoms with Gasteiger partial charge in [-0.1, -0.05) is 25.1 Å². The topological polar surface area (TPSA) is 76.8 Å². The molecule has 3 rings (SSSR count). The maximum atomic E-state index is 13.2. The highest BCUT2D eigenvalue weighted by Gasteiger charge is 2.37. The van der Waals surface area contributed by atoms with Crippen molar-refractivity contribution in [2.24, 2.45) is 0 Å². The third-order valence-corrected chi connectivity index (χ3v) is 5.37. The summed E-state index contributed by atoms with van der Waals surface area (Å²) in [4.78, 5) is 37.2. The number of hydrogen-bond donors (Lipinski definition) is 0. The first-order valence-corrected chi connectivity index (χ1v) is 10.1. The van der Waals surface area contributed by atoms with Crippen LogP contribution in [0.5, 0.6) is 0 Å². The molecule has 31 heavy (non-hydrogen) atoms. The first kappa shape index (κ1) is 22.7. The zero-order valence-electron chi connectivity index (χ0n) is 16.6. The second-order valence-corrected chi connectivity index (χ2v) is 7.72. The van der Waals surface area contributed by atoms with Crippen LogP contribution in [-0.4, -0.2) is 34.7 Å². The first-order chi connectivity index (χ1) is 14.6. The Balaban J connectivity index is 1.79. The number of alkyl halides is 3. The Hall–Kier alpha value is -3.01. The molecule has 0 N–H and O–H groups in total. The normalized spacial score (nSPS) is 16.8. The van der Waals surface area contributed by atoms with Gasteiger partial charge >= 0.3 is 12.1 Å². The van der Waals surface area contributed by atoms with Gasteiger partial charge in [-0.2, -0.15) is 13.2 Å². The summed E-state index contributed by atoms with van der Waals surface area (Å²) in [6, 6.07) is 7.70. The zero-order chi connectivity index (χ0) is 22.8. The van der Waals surface area contributed by atoms with E-state index in [0.29, 0.717) is 18.2 Å². The van der Waals surface area contributed by atoms with Crippen LogP contribution in [0.3, 0.4) is 0 Å². The monoisotopic (exact) mass is 453 g/mol. The SMILES string of the molecule is CC[C@@H](C)OC(=O)CN1C(=O)S/C(=C/c2ccc(-c3ccccc3C(F)(F)F)o2)C1=O. The Labute approximate surface area is 180 Å². The number of furan rings is 1. The number of imide groups is 1. The van der Waals surface area contributed by atoms with Crippen LogP contribution in [0.25, 0.3) is 17.4 Å². The molecule has 1 aromatic carbocycles. The first-order valence-electron chi connectivity index (χ1n) is 9.31. The lowest BCUT2D eigenvalue weighted by Crippen LogP contribution is -2.35. The van der Waals surface area contributed by atoms with Crippen LogP contribution in [0, 0.1) is 0 Å². The van der Waals surface area contributed by atoms with E-state index in [0.717, 1.165) is 11.0 Å². The minimum absolute atomic E-state index is 0.00801. The molecule has 1 fully saturated rings. The lowest BCUT2D eigenvalue weighted by molar-refractivity contribution is -0.150. The summed E-state index contributed by atoms with van der Waals surface area (Å²) >= 11 is 0.606. The van der Waals surface area contributed by atoms with E-state index in [1.54, 1.807) is 6.92 Å². The average molecular weight is 453 g/mol. The van der Waals surface area contributed by atoms with Gasteiger partial charge in [-0.25, -0.2) is 0 Å². The van der Waals surface area contributed by atoms with Crippen LogP contribution in [0.2, 0.25) is 0 Å². The summed E-state index contributed by atoms with van der Waals surface area (Å²) in [5, 5.41) is -0.647. The smallest absolute Gasteiger partial charge is 0.417 e. The summed E-state index contributed by atoms with van der Waals surface area (Å²) in [6.07, 6.45) is -3.06. The largest absolute Gasteiger partial charge is 0.461 e. The lowest BCUT2D eigenvalue weighted by Gasteiger charge is -2.14. The quantitative estimate of drug-likeness (QED) is 0.434. The van der Waals surface area contributed by atoms with Gasteiger partial charge in [0.1, 0.15) is 18.1 Å².